The summed E-state index contributed by atoms with van der Waals surface area (Å²) in [6, 6.07) is 7.42. The highest BCUT2D eigenvalue weighted by Crippen LogP contribution is 2.22. The molecular formula is C15H21BrO3. The van der Waals surface area contributed by atoms with Crippen molar-refractivity contribution in [2.75, 3.05) is 13.2 Å². The summed E-state index contributed by atoms with van der Waals surface area (Å²) in [4.78, 5) is 11.3. The van der Waals surface area contributed by atoms with Crippen molar-refractivity contribution in [3.8, 4) is 0 Å². The summed E-state index contributed by atoms with van der Waals surface area (Å²) in [6.45, 7) is 5.47. The van der Waals surface area contributed by atoms with E-state index in [1.54, 1.807) is 0 Å². The molecule has 1 aromatic carbocycles. The van der Waals surface area contributed by atoms with Gasteiger partial charge in [-0.1, -0.05) is 41.9 Å². The van der Waals surface area contributed by atoms with Gasteiger partial charge in [-0.05, 0) is 36.5 Å². The van der Waals surface area contributed by atoms with E-state index in [-0.39, 0.29) is 0 Å². The lowest BCUT2D eigenvalue weighted by Gasteiger charge is -2.13. The van der Waals surface area contributed by atoms with E-state index in [1.807, 2.05) is 24.3 Å². The molecule has 1 unspecified atom stereocenters. The molecule has 1 aromatic rings. The van der Waals surface area contributed by atoms with Crippen LogP contribution in [0.1, 0.15) is 38.2 Å². The highest BCUT2D eigenvalue weighted by Gasteiger charge is 2.19. The van der Waals surface area contributed by atoms with E-state index >= 15 is 0 Å². The van der Waals surface area contributed by atoms with Crippen LogP contribution in [0.3, 0.4) is 0 Å². The van der Waals surface area contributed by atoms with Gasteiger partial charge < -0.3 is 9.84 Å². The van der Waals surface area contributed by atoms with Crippen molar-refractivity contribution in [1.29, 1.82) is 0 Å². The Morgan fingerprint density at radius 3 is 2.32 bits per heavy atom. The Morgan fingerprint density at radius 1 is 1.21 bits per heavy atom. The predicted octanol–water partition coefficient (Wildman–Crippen LogP) is 4.07. The van der Waals surface area contributed by atoms with Crippen molar-refractivity contribution < 1.29 is 14.6 Å². The molecule has 106 valence electrons. The first kappa shape index (κ1) is 16.2. The van der Waals surface area contributed by atoms with E-state index in [9.17, 15) is 9.90 Å². The molecule has 0 radical (unpaired) electrons. The van der Waals surface area contributed by atoms with E-state index in [4.69, 9.17) is 4.74 Å². The average Bonchev–Trinajstić information content (AvgIpc) is 2.34. The predicted molar refractivity (Wildman–Crippen MR) is 79.4 cm³/mol. The summed E-state index contributed by atoms with van der Waals surface area (Å²) in [5.41, 5.74) is 0.822. The number of hydrogen-bond donors (Lipinski definition) is 1. The summed E-state index contributed by atoms with van der Waals surface area (Å²) in [5.74, 6) is -0.677. The van der Waals surface area contributed by atoms with Crippen LogP contribution in [0.2, 0.25) is 0 Å². The van der Waals surface area contributed by atoms with Crippen molar-refractivity contribution in [2.45, 2.75) is 32.6 Å². The summed E-state index contributed by atoms with van der Waals surface area (Å²) in [7, 11) is 0. The second kappa shape index (κ2) is 8.33. The summed E-state index contributed by atoms with van der Waals surface area (Å²) >= 11 is 3.35. The van der Waals surface area contributed by atoms with Gasteiger partial charge in [0.2, 0.25) is 0 Å². The minimum atomic E-state index is -0.796. The Kier molecular flexibility index (Phi) is 7.10. The van der Waals surface area contributed by atoms with E-state index in [1.165, 1.54) is 0 Å². The maximum atomic E-state index is 11.3. The first-order valence-corrected chi connectivity index (χ1v) is 7.36. The molecule has 1 N–H and O–H groups in total. The fraction of sp³-hybridized carbons (Fsp3) is 0.533. The molecule has 3 nitrogen and oxygen atoms in total. The molecule has 0 bridgehead atoms. The number of benzene rings is 1. The lowest BCUT2D eigenvalue weighted by molar-refractivity contribution is -0.139. The molecule has 0 aliphatic carbocycles. The van der Waals surface area contributed by atoms with Crippen LogP contribution in [0.15, 0.2) is 28.7 Å². The van der Waals surface area contributed by atoms with Gasteiger partial charge in [0.25, 0.3) is 0 Å². The number of carboxylic acids is 1. The summed E-state index contributed by atoms with van der Waals surface area (Å²) in [5, 5.41) is 9.27. The Balaban J connectivity index is 2.45. The van der Waals surface area contributed by atoms with Gasteiger partial charge in [-0.25, -0.2) is 0 Å². The maximum absolute atomic E-state index is 11.3. The number of carbonyl (C=O) groups is 1. The van der Waals surface area contributed by atoms with Crippen LogP contribution in [0.5, 0.6) is 0 Å². The summed E-state index contributed by atoms with van der Waals surface area (Å²) < 4.78 is 6.45. The molecule has 0 aromatic heterocycles. The molecule has 0 aliphatic heterocycles. The third-order valence-electron chi connectivity index (χ3n) is 2.96. The lowest BCUT2D eigenvalue weighted by Crippen LogP contribution is -2.14. The van der Waals surface area contributed by atoms with Gasteiger partial charge >= 0.3 is 5.97 Å². The van der Waals surface area contributed by atoms with Crippen molar-refractivity contribution in [3.05, 3.63) is 34.3 Å². The fourth-order valence-corrected chi connectivity index (χ4v) is 2.01. The van der Waals surface area contributed by atoms with Gasteiger partial charge in [0.1, 0.15) is 0 Å². The third kappa shape index (κ3) is 6.21. The minimum Gasteiger partial charge on any atom is -0.481 e. The zero-order valence-electron chi connectivity index (χ0n) is 11.4. The molecule has 0 heterocycles. The number of ether oxygens (including phenoxy) is 1. The minimum absolute atomic E-state index is 0.486. The number of carboxylic acid groups (broad SMARTS) is 1. The number of halogens is 1. The van der Waals surface area contributed by atoms with E-state index < -0.39 is 11.9 Å². The molecule has 1 atom stereocenters. The second-order valence-electron chi connectivity index (χ2n) is 5.03. The van der Waals surface area contributed by atoms with Crippen LogP contribution in [0, 0.1) is 5.92 Å². The molecule has 0 amide bonds. The molecule has 1 rings (SSSR count). The van der Waals surface area contributed by atoms with Crippen molar-refractivity contribution >= 4 is 21.9 Å². The smallest absolute Gasteiger partial charge is 0.311 e. The standard InChI is InChI=1S/C15H21BrO3/c1-11(2)7-9-19-10-8-14(15(17)18)12-3-5-13(16)6-4-12/h3-6,11,14H,7-10H2,1-2H3,(H,17,18). The SMILES string of the molecule is CC(C)CCOCCC(C(=O)O)c1ccc(Br)cc1. The molecule has 0 saturated carbocycles. The van der Waals surface area contributed by atoms with Gasteiger partial charge in [-0.15, -0.1) is 0 Å². The topological polar surface area (TPSA) is 46.5 Å². The van der Waals surface area contributed by atoms with E-state index in [2.05, 4.69) is 29.8 Å². The zero-order chi connectivity index (χ0) is 14.3. The van der Waals surface area contributed by atoms with Crippen LogP contribution in [-0.4, -0.2) is 24.3 Å². The monoisotopic (exact) mass is 328 g/mol. The first-order valence-electron chi connectivity index (χ1n) is 6.56. The van der Waals surface area contributed by atoms with Gasteiger partial charge in [0, 0.05) is 17.7 Å². The average molecular weight is 329 g/mol. The Hall–Kier alpha value is -0.870. The van der Waals surface area contributed by atoms with Crippen molar-refractivity contribution in [3.63, 3.8) is 0 Å². The van der Waals surface area contributed by atoms with Gasteiger partial charge in [0.05, 0.1) is 5.92 Å². The maximum Gasteiger partial charge on any atom is 0.311 e. The molecule has 0 aliphatic rings. The van der Waals surface area contributed by atoms with Gasteiger partial charge in [-0.2, -0.15) is 0 Å². The van der Waals surface area contributed by atoms with Crippen LogP contribution in [-0.2, 0) is 9.53 Å². The quantitative estimate of drug-likeness (QED) is 0.731. The molecule has 0 fully saturated rings. The molecule has 0 saturated heterocycles. The Labute approximate surface area is 123 Å². The van der Waals surface area contributed by atoms with Gasteiger partial charge in [-0.3, -0.25) is 4.79 Å². The first-order chi connectivity index (χ1) is 9.00. The van der Waals surface area contributed by atoms with E-state index in [0.29, 0.717) is 25.6 Å². The zero-order valence-corrected chi connectivity index (χ0v) is 13.0. The molecule has 4 heteroatoms. The lowest BCUT2D eigenvalue weighted by atomic mass is 9.96. The van der Waals surface area contributed by atoms with Crippen molar-refractivity contribution in [1.82, 2.24) is 0 Å². The largest absolute Gasteiger partial charge is 0.481 e. The van der Waals surface area contributed by atoms with Crippen LogP contribution in [0.4, 0.5) is 0 Å². The highest BCUT2D eigenvalue weighted by atomic mass is 79.9. The molecule has 19 heavy (non-hydrogen) atoms. The van der Waals surface area contributed by atoms with Gasteiger partial charge in [0.15, 0.2) is 0 Å². The van der Waals surface area contributed by atoms with Crippen LogP contribution in [0.25, 0.3) is 0 Å². The molecular weight excluding hydrogens is 308 g/mol. The third-order valence-corrected chi connectivity index (χ3v) is 3.49. The summed E-state index contributed by atoms with van der Waals surface area (Å²) in [6.07, 6.45) is 1.52. The number of aliphatic carboxylic acids is 1. The number of rotatable bonds is 8. The van der Waals surface area contributed by atoms with Crippen molar-refractivity contribution in [2.24, 2.45) is 5.92 Å². The van der Waals surface area contributed by atoms with E-state index in [0.717, 1.165) is 16.5 Å². The van der Waals surface area contributed by atoms with Crippen LogP contribution < -0.4 is 0 Å². The van der Waals surface area contributed by atoms with Crippen LogP contribution >= 0.6 is 15.9 Å². The molecule has 0 spiro atoms. The fourth-order valence-electron chi connectivity index (χ4n) is 1.75. The highest BCUT2D eigenvalue weighted by molar-refractivity contribution is 9.10. The normalized spacial score (nSPS) is 12.6. The Morgan fingerprint density at radius 2 is 1.79 bits per heavy atom. The Bertz CT molecular complexity index is 387. The second-order valence-corrected chi connectivity index (χ2v) is 5.94. The number of hydrogen-bond acceptors (Lipinski definition) is 2.